The van der Waals surface area contributed by atoms with Crippen molar-refractivity contribution in [1.29, 1.82) is 0 Å². The Morgan fingerprint density at radius 1 is 0.786 bits per heavy atom. The van der Waals surface area contributed by atoms with E-state index < -0.39 is 0 Å². The summed E-state index contributed by atoms with van der Waals surface area (Å²) in [5.41, 5.74) is 3.84. The molecule has 2 amide bonds. The summed E-state index contributed by atoms with van der Waals surface area (Å²) in [5, 5.41) is 5.59. The second-order valence-corrected chi connectivity index (χ2v) is 6.78. The molecule has 0 spiro atoms. The number of nitrogens with one attached hydrogen (secondary N) is 2. The summed E-state index contributed by atoms with van der Waals surface area (Å²) in [4.78, 5) is 24.4. The lowest BCUT2D eigenvalue weighted by Crippen LogP contribution is -2.41. The molecule has 4 nitrogen and oxygen atoms in total. The molecular formula is C24H24N2O2. The van der Waals surface area contributed by atoms with Crippen molar-refractivity contribution in [1.82, 2.24) is 10.6 Å². The first-order valence-electron chi connectivity index (χ1n) is 9.39. The number of amides is 2. The molecule has 0 bridgehead atoms. The topological polar surface area (TPSA) is 58.2 Å². The molecule has 1 unspecified atom stereocenters. The van der Waals surface area contributed by atoms with E-state index >= 15 is 0 Å². The van der Waals surface area contributed by atoms with Gasteiger partial charge in [-0.25, -0.2) is 0 Å². The van der Waals surface area contributed by atoms with E-state index in [4.69, 9.17) is 0 Å². The Morgan fingerprint density at radius 2 is 1.36 bits per heavy atom. The third kappa shape index (κ3) is 5.55. The zero-order valence-corrected chi connectivity index (χ0v) is 15.9. The Labute approximate surface area is 165 Å². The highest BCUT2D eigenvalue weighted by atomic mass is 16.2. The van der Waals surface area contributed by atoms with Crippen molar-refractivity contribution in [3.8, 4) is 11.1 Å². The van der Waals surface area contributed by atoms with Crippen molar-refractivity contribution in [2.75, 3.05) is 6.54 Å². The number of hydrogen-bond donors (Lipinski definition) is 2. The molecular weight excluding hydrogens is 348 g/mol. The molecule has 0 aliphatic rings. The molecule has 1 atom stereocenters. The summed E-state index contributed by atoms with van der Waals surface area (Å²) < 4.78 is 0. The van der Waals surface area contributed by atoms with Crippen LogP contribution in [-0.4, -0.2) is 24.4 Å². The minimum absolute atomic E-state index is 0.00282. The monoisotopic (exact) mass is 372 g/mol. The molecule has 28 heavy (non-hydrogen) atoms. The second-order valence-electron chi connectivity index (χ2n) is 6.78. The van der Waals surface area contributed by atoms with E-state index in [0.717, 1.165) is 23.1 Å². The number of carbonyl (C=O) groups is 2. The molecule has 0 aromatic heterocycles. The van der Waals surface area contributed by atoms with Crippen molar-refractivity contribution >= 4 is 11.8 Å². The maximum absolute atomic E-state index is 12.3. The van der Waals surface area contributed by atoms with Crippen LogP contribution < -0.4 is 10.6 Å². The maximum atomic E-state index is 12.3. The van der Waals surface area contributed by atoms with Gasteiger partial charge >= 0.3 is 0 Å². The van der Waals surface area contributed by atoms with Crippen LogP contribution in [0, 0.1) is 0 Å². The van der Waals surface area contributed by atoms with Crippen LogP contribution in [0.2, 0.25) is 0 Å². The van der Waals surface area contributed by atoms with Crippen molar-refractivity contribution < 1.29 is 9.59 Å². The lowest BCUT2D eigenvalue weighted by molar-refractivity contribution is -0.120. The number of carbonyl (C=O) groups excluding carboxylic acids is 2. The predicted octanol–water partition coefficient (Wildman–Crippen LogP) is 3.83. The third-order valence-electron chi connectivity index (χ3n) is 4.46. The summed E-state index contributed by atoms with van der Waals surface area (Å²) in [5.74, 6) is -0.455. The maximum Gasteiger partial charge on any atom is 0.251 e. The highest BCUT2D eigenvalue weighted by molar-refractivity contribution is 5.96. The van der Waals surface area contributed by atoms with Crippen LogP contribution >= 0.6 is 0 Å². The SMILES string of the molecule is CC(Cc1ccccc1)NC(=O)CNC(=O)c1ccc(-c2ccccc2)cc1. The highest BCUT2D eigenvalue weighted by Gasteiger charge is 2.11. The fraction of sp³-hybridized carbons (Fsp3) is 0.167. The Hall–Kier alpha value is -3.40. The molecule has 3 rings (SSSR count). The zero-order valence-electron chi connectivity index (χ0n) is 15.9. The standard InChI is InChI=1S/C24H24N2O2/c1-18(16-19-8-4-2-5-9-19)26-23(27)17-25-24(28)22-14-12-21(13-15-22)20-10-6-3-7-11-20/h2-15,18H,16-17H2,1H3,(H,25,28)(H,26,27). The van der Waals surface area contributed by atoms with Crippen molar-refractivity contribution in [2.45, 2.75) is 19.4 Å². The molecule has 0 heterocycles. The van der Waals surface area contributed by atoms with Gasteiger partial charge in [0.1, 0.15) is 0 Å². The smallest absolute Gasteiger partial charge is 0.251 e. The minimum Gasteiger partial charge on any atom is -0.352 e. The third-order valence-corrected chi connectivity index (χ3v) is 4.46. The molecule has 0 saturated carbocycles. The molecule has 0 aliphatic heterocycles. The van der Waals surface area contributed by atoms with E-state index in [0.29, 0.717) is 5.56 Å². The Bertz CT molecular complexity index is 906. The summed E-state index contributed by atoms with van der Waals surface area (Å²) in [7, 11) is 0. The Morgan fingerprint density at radius 3 is 2.00 bits per heavy atom. The van der Waals surface area contributed by atoms with Crippen LogP contribution in [0.4, 0.5) is 0 Å². The fourth-order valence-corrected chi connectivity index (χ4v) is 3.05. The Kier molecular flexibility index (Phi) is 6.58. The summed E-state index contributed by atoms with van der Waals surface area (Å²) in [6.07, 6.45) is 0.751. The second kappa shape index (κ2) is 9.51. The van der Waals surface area contributed by atoms with Gasteiger partial charge < -0.3 is 10.6 Å². The lowest BCUT2D eigenvalue weighted by Gasteiger charge is -2.14. The average Bonchev–Trinajstić information content (AvgIpc) is 2.73. The fourth-order valence-electron chi connectivity index (χ4n) is 3.05. The molecule has 3 aromatic carbocycles. The van der Waals surface area contributed by atoms with Gasteiger partial charge in [-0.3, -0.25) is 9.59 Å². The van der Waals surface area contributed by atoms with Crippen LogP contribution in [0.1, 0.15) is 22.8 Å². The quantitative estimate of drug-likeness (QED) is 0.662. The van der Waals surface area contributed by atoms with Gasteiger partial charge in [0.05, 0.1) is 6.54 Å². The molecule has 4 heteroatoms. The van der Waals surface area contributed by atoms with Crippen molar-refractivity contribution in [3.05, 3.63) is 96.1 Å². The normalized spacial score (nSPS) is 11.5. The first kappa shape index (κ1) is 19.4. The Balaban J connectivity index is 1.47. The van der Waals surface area contributed by atoms with Crippen LogP contribution in [0.3, 0.4) is 0 Å². The van der Waals surface area contributed by atoms with Crippen LogP contribution in [-0.2, 0) is 11.2 Å². The van der Waals surface area contributed by atoms with Gasteiger partial charge in [-0.2, -0.15) is 0 Å². The van der Waals surface area contributed by atoms with E-state index in [-0.39, 0.29) is 24.4 Å². The molecule has 0 radical (unpaired) electrons. The molecule has 0 fully saturated rings. The van der Waals surface area contributed by atoms with E-state index in [2.05, 4.69) is 10.6 Å². The number of benzene rings is 3. The largest absolute Gasteiger partial charge is 0.352 e. The van der Waals surface area contributed by atoms with Crippen molar-refractivity contribution in [2.24, 2.45) is 0 Å². The van der Waals surface area contributed by atoms with Crippen molar-refractivity contribution in [3.63, 3.8) is 0 Å². The van der Waals surface area contributed by atoms with Crippen LogP contribution in [0.15, 0.2) is 84.9 Å². The first-order valence-corrected chi connectivity index (χ1v) is 9.39. The van der Waals surface area contributed by atoms with E-state index in [1.165, 1.54) is 0 Å². The molecule has 0 saturated heterocycles. The van der Waals surface area contributed by atoms with Crippen LogP contribution in [0.5, 0.6) is 0 Å². The highest BCUT2D eigenvalue weighted by Crippen LogP contribution is 2.19. The average molecular weight is 372 g/mol. The number of rotatable bonds is 7. The predicted molar refractivity (Wildman–Crippen MR) is 112 cm³/mol. The van der Waals surface area contributed by atoms with E-state index in [1.54, 1.807) is 12.1 Å². The van der Waals surface area contributed by atoms with Gasteiger partial charge in [-0.1, -0.05) is 72.8 Å². The minimum atomic E-state index is -0.259. The van der Waals surface area contributed by atoms with Gasteiger partial charge in [0.2, 0.25) is 5.91 Å². The van der Waals surface area contributed by atoms with E-state index in [1.807, 2.05) is 79.7 Å². The molecule has 0 aliphatic carbocycles. The van der Waals surface area contributed by atoms with Crippen LogP contribution in [0.25, 0.3) is 11.1 Å². The van der Waals surface area contributed by atoms with Gasteiger partial charge in [-0.05, 0) is 42.2 Å². The van der Waals surface area contributed by atoms with Gasteiger partial charge in [0.15, 0.2) is 0 Å². The number of hydrogen-bond acceptors (Lipinski definition) is 2. The first-order chi connectivity index (χ1) is 13.6. The van der Waals surface area contributed by atoms with Gasteiger partial charge in [0.25, 0.3) is 5.91 Å². The molecule has 2 N–H and O–H groups in total. The summed E-state index contributed by atoms with van der Waals surface area (Å²) in [6, 6.07) is 27.3. The lowest BCUT2D eigenvalue weighted by atomic mass is 10.0. The molecule has 3 aromatic rings. The van der Waals surface area contributed by atoms with Gasteiger partial charge in [0, 0.05) is 11.6 Å². The zero-order chi connectivity index (χ0) is 19.8. The van der Waals surface area contributed by atoms with E-state index in [9.17, 15) is 9.59 Å². The molecule has 142 valence electrons. The summed E-state index contributed by atoms with van der Waals surface area (Å²) in [6.45, 7) is 1.91. The van der Waals surface area contributed by atoms with Gasteiger partial charge in [-0.15, -0.1) is 0 Å². The summed E-state index contributed by atoms with van der Waals surface area (Å²) >= 11 is 0.